The van der Waals surface area contributed by atoms with Crippen molar-refractivity contribution in [2.45, 2.75) is 24.4 Å². The lowest BCUT2D eigenvalue weighted by Gasteiger charge is -2.23. The number of carbonyl (C=O) groups is 1. The van der Waals surface area contributed by atoms with Crippen molar-refractivity contribution in [3.8, 4) is 0 Å². The van der Waals surface area contributed by atoms with E-state index in [1.807, 2.05) is 0 Å². The molecule has 16 heavy (non-hydrogen) atoms. The molecule has 0 saturated heterocycles. The van der Waals surface area contributed by atoms with Crippen LogP contribution in [0.5, 0.6) is 0 Å². The van der Waals surface area contributed by atoms with Gasteiger partial charge < -0.3 is 31.3 Å². The molecule has 94 valence electrons. The van der Waals surface area contributed by atoms with Crippen LogP contribution in [0, 0.1) is 0 Å². The second-order valence-electron chi connectivity index (χ2n) is 2.98. The SMILES string of the molecule is NC(=O)N/N=C\[C@H](O)[C@H](O)[C@H](O)[C@@H](O)CO. The Labute approximate surface area is 90.8 Å². The number of aliphatic hydroxyl groups excluding tert-OH is 5. The molecule has 9 heteroatoms. The number of aliphatic hydroxyl groups is 5. The Morgan fingerprint density at radius 2 is 1.88 bits per heavy atom. The van der Waals surface area contributed by atoms with Gasteiger partial charge in [0.1, 0.15) is 24.4 Å². The molecule has 0 heterocycles. The van der Waals surface area contributed by atoms with Crippen LogP contribution < -0.4 is 11.2 Å². The van der Waals surface area contributed by atoms with Gasteiger partial charge in [-0.3, -0.25) is 0 Å². The first-order valence-electron chi connectivity index (χ1n) is 4.32. The molecule has 0 bridgehead atoms. The summed E-state index contributed by atoms with van der Waals surface area (Å²) in [5.41, 5.74) is 6.41. The predicted octanol–water partition coefficient (Wildman–Crippen LogP) is -3.92. The van der Waals surface area contributed by atoms with Crippen LogP contribution in [0.3, 0.4) is 0 Å². The van der Waals surface area contributed by atoms with E-state index >= 15 is 0 Å². The van der Waals surface area contributed by atoms with Gasteiger partial charge in [-0.15, -0.1) is 0 Å². The van der Waals surface area contributed by atoms with Crippen LogP contribution in [0.2, 0.25) is 0 Å². The highest BCUT2D eigenvalue weighted by atomic mass is 16.4. The fraction of sp³-hybridized carbons (Fsp3) is 0.714. The zero-order chi connectivity index (χ0) is 12.7. The molecule has 8 N–H and O–H groups in total. The standard InChI is InChI=1S/C7H15N3O6/c8-7(16)10-9-1-3(12)5(14)6(15)4(13)2-11/h1,3-6,11-15H,2H2,(H3,8,10,16)/b9-1-/t3-,4-,5-,6+/m0/s1. The molecular formula is C7H15N3O6. The van der Waals surface area contributed by atoms with Gasteiger partial charge in [0.15, 0.2) is 0 Å². The summed E-state index contributed by atoms with van der Waals surface area (Å²) in [5, 5.41) is 48.2. The molecule has 0 aliphatic heterocycles. The molecule has 0 aliphatic carbocycles. The van der Waals surface area contributed by atoms with Gasteiger partial charge in [-0.25, -0.2) is 10.2 Å². The van der Waals surface area contributed by atoms with Crippen molar-refractivity contribution in [3.05, 3.63) is 0 Å². The number of carbonyl (C=O) groups excluding carboxylic acids is 1. The number of primary amides is 1. The Bertz CT molecular complexity index is 248. The quantitative estimate of drug-likeness (QED) is 0.184. The summed E-state index contributed by atoms with van der Waals surface area (Å²) in [4.78, 5) is 10.2. The number of nitrogens with one attached hydrogen (secondary N) is 1. The largest absolute Gasteiger partial charge is 0.394 e. The summed E-state index contributed by atoms with van der Waals surface area (Å²) >= 11 is 0. The molecule has 0 aromatic rings. The maximum atomic E-state index is 10.2. The van der Waals surface area contributed by atoms with E-state index in [9.17, 15) is 20.1 Å². The summed E-state index contributed by atoms with van der Waals surface area (Å²) < 4.78 is 0. The van der Waals surface area contributed by atoms with Crippen molar-refractivity contribution in [2.75, 3.05) is 6.61 Å². The van der Waals surface area contributed by atoms with Crippen molar-refractivity contribution < 1.29 is 30.3 Å². The number of nitrogens with zero attached hydrogens (tertiary/aromatic N) is 1. The van der Waals surface area contributed by atoms with E-state index in [0.717, 1.165) is 0 Å². The topological polar surface area (TPSA) is 169 Å². The first-order chi connectivity index (χ1) is 7.40. The fourth-order valence-corrected chi connectivity index (χ4v) is 0.803. The minimum absolute atomic E-state index is 0.711. The minimum Gasteiger partial charge on any atom is -0.394 e. The molecule has 0 radical (unpaired) electrons. The molecule has 0 aromatic heterocycles. The molecule has 0 aromatic carbocycles. The third kappa shape index (κ3) is 5.00. The zero-order valence-corrected chi connectivity index (χ0v) is 8.26. The molecule has 0 spiro atoms. The summed E-state index contributed by atoms with van der Waals surface area (Å²) in [6, 6.07) is -0.964. The normalized spacial score (nSPS) is 19.1. The van der Waals surface area contributed by atoms with Crippen LogP contribution in [0.25, 0.3) is 0 Å². The van der Waals surface area contributed by atoms with Gasteiger partial charge in [0.2, 0.25) is 0 Å². The first-order valence-corrected chi connectivity index (χ1v) is 4.32. The molecule has 0 saturated carbocycles. The average molecular weight is 237 g/mol. The molecule has 0 fully saturated rings. The van der Waals surface area contributed by atoms with E-state index in [1.165, 1.54) is 0 Å². The van der Waals surface area contributed by atoms with Crippen LogP contribution in [-0.4, -0.2) is 68.8 Å². The zero-order valence-electron chi connectivity index (χ0n) is 8.26. The van der Waals surface area contributed by atoms with E-state index in [1.54, 1.807) is 5.43 Å². The Balaban J connectivity index is 4.21. The molecule has 4 atom stereocenters. The van der Waals surface area contributed by atoms with Crippen LogP contribution >= 0.6 is 0 Å². The first kappa shape index (κ1) is 14.7. The average Bonchev–Trinajstić information content (AvgIpc) is 2.25. The number of rotatable bonds is 6. The van der Waals surface area contributed by atoms with Crippen LogP contribution in [0.15, 0.2) is 5.10 Å². The third-order valence-corrected chi connectivity index (χ3v) is 1.68. The van der Waals surface area contributed by atoms with Crippen molar-refractivity contribution in [1.29, 1.82) is 0 Å². The molecule has 2 amide bonds. The van der Waals surface area contributed by atoms with Crippen molar-refractivity contribution in [3.63, 3.8) is 0 Å². The van der Waals surface area contributed by atoms with Crippen LogP contribution in [0.4, 0.5) is 4.79 Å². The predicted molar refractivity (Wildman–Crippen MR) is 52.3 cm³/mol. The smallest absolute Gasteiger partial charge is 0.332 e. The van der Waals surface area contributed by atoms with Crippen LogP contribution in [-0.2, 0) is 0 Å². The summed E-state index contributed by atoms with van der Waals surface area (Å²) in [5.74, 6) is 0. The Kier molecular flexibility index (Phi) is 6.53. The number of hydrazone groups is 1. The lowest BCUT2D eigenvalue weighted by atomic mass is 10.0. The second kappa shape index (κ2) is 7.09. The summed E-state index contributed by atoms with van der Waals surface area (Å²) in [6.45, 7) is -0.776. The van der Waals surface area contributed by atoms with Gasteiger partial charge >= 0.3 is 6.03 Å². The number of nitrogens with two attached hydrogens (primary N) is 1. The van der Waals surface area contributed by atoms with Crippen molar-refractivity contribution in [2.24, 2.45) is 10.8 Å². The number of hydrogen-bond donors (Lipinski definition) is 7. The molecule has 9 nitrogen and oxygen atoms in total. The maximum Gasteiger partial charge on any atom is 0.332 e. The van der Waals surface area contributed by atoms with E-state index < -0.39 is 37.1 Å². The molecular weight excluding hydrogens is 222 g/mol. The Morgan fingerprint density at radius 3 is 2.31 bits per heavy atom. The molecule has 0 aliphatic rings. The van der Waals surface area contributed by atoms with Gasteiger partial charge in [0.25, 0.3) is 0 Å². The van der Waals surface area contributed by atoms with E-state index in [2.05, 4.69) is 10.8 Å². The van der Waals surface area contributed by atoms with Crippen molar-refractivity contribution in [1.82, 2.24) is 5.43 Å². The lowest BCUT2D eigenvalue weighted by Crippen LogP contribution is -2.46. The van der Waals surface area contributed by atoms with Gasteiger partial charge in [-0.05, 0) is 0 Å². The molecule has 0 rings (SSSR count). The van der Waals surface area contributed by atoms with Crippen molar-refractivity contribution >= 4 is 12.2 Å². The summed E-state index contributed by atoms with van der Waals surface area (Å²) in [6.07, 6.45) is -6.03. The highest BCUT2D eigenvalue weighted by molar-refractivity contribution is 5.73. The van der Waals surface area contributed by atoms with E-state index in [0.29, 0.717) is 6.21 Å². The van der Waals surface area contributed by atoms with Gasteiger partial charge in [-0.2, -0.15) is 5.10 Å². The summed E-state index contributed by atoms with van der Waals surface area (Å²) in [7, 11) is 0. The fourth-order valence-electron chi connectivity index (χ4n) is 0.803. The second-order valence-corrected chi connectivity index (χ2v) is 2.98. The van der Waals surface area contributed by atoms with Gasteiger partial charge in [0, 0.05) is 0 Å². The number of amides is 2. The Morgan fingerprint density at radius 1 is 1.31 bits per heavy atom. The highest BCUT2D eigenvalue weighted by Gasteiger charge is 2.29. The van der Waals surface area contributed by atoms with E-state index in [-0.39, 0.29) is 0 Å². The minimum atomic E-state index is -1.76. The molecule has 0 unspecified atom stereocenters. The highest BCUT2D eigenvalue weighted by Crippen LogP contribution is 2.03. The van der Waals surface area contributed by atoms with Crippen LogP contribution in [0.1, 0.15) is 0 Å². The van der Waals surface area contributed by atoms with E-state index in [4.69, 9.17) is 10.2 Å². The Hall–Kier alpha value is -1.26. The monoisotopic (exact) mass is 237 g/mol. The van der Waals surface area contributed by atoms with Gasteiger partial charge in [0.05, 0.1) is 12.8 Å². The number of hydrogen-bond acceptors (Lipinski definition) is 7. The van der Waals surface area contributed by atoms with Gasteiger partial charge in [-0.1, -0.05) is 0 Å². The lowest BCUT2D eigenvalue weighted by molar-refractivity contribution is -0.0999. The number of urea groups is 1. The third-order valence-electron chi connectivity index (χ3n) is 1.68. The maximum absolute atomic E-state index is 10.2.